The number of morpholine rings is 1. The first-order chi connectivity index (χ1) is 8.87. The predicted molar refractivity (Wildman–Crippen MR) is 77.2 cm³/mol. The van der Waals surface area contributed by atoms with Crippen molar-refractivity contribution in [3.8, 4) is 0 Å². The second kappa shape index (κ2) is 7.82. The van der Waals surface area contributed by atoms with Crippen molar-refractivity contribution in [2.75, 3.05) is 26.3 Å². The maximum atomic E-state index is 11.6. The molecule has 19 heavy (non-hydrogen) atoms. The van der Waals surface area contributed by atoms with Crippen LogP contribution in [0.5, 0.6) is 0 Å². The number of hydrogen-bond donors (Lipinski definition) is 3. The molecule has 0 aliphatic carbocycles. The minimum Gasteiger partial charge on any atom is -0.379 e. The average molecular weight is 271 g/mol. The van der Waals surface area contributed by atoms with Gasteiger partial charge in [0.25, 0.3) is 0 Å². The number of ether oxygens (including phenoxy) is 1. The van der Waals surface area contributed by atoms with Crippen LogP contribution in [0.15, 0.2) is 0 Å². The summed E-state index contributed by atoms with van der Waals surface area (Å²) in [6, 6.07) is 0.821. The maximum Gasteiger partial charge on any atom is 0.221 e. The van der Waals surface area contributed by atoms with Crippen LogP contribution in [-0.2, 0) is 9.53 Å². The lowest BCUT2D eigenvalue weighted by atomic mass is 10.1. The zero-order valence-electron chi connectivity index (χ0n) is 12.7. The molecular formula is C14H29N3O2. The highest BCUT2D eigenvalue weighted by molar-refractivity contribution is 5.76. The van der Waals surface area contributed by atoms with Crippen LogP contribution in [0.3, 0.4) is 0 Å². The lowest BCUT2D eigenvalue weighted by Crippen LogP contribution is -2.45. The molecule has 112 valence electrons. The van der Waals surface area contributed by atoms with Crippen molar-refractivity contribution in [2.24, 2.45) is 0 Å². The van der Waals surface area contributed by atoms with Crippen LogP contribution in [-0.4, -0.2) is 49.8 Å². The summed E-state index contributed by atoms with van der Waals surface area (Å²) in [7, 11) is 0. The van der Waals surface area contributed by atoms with Gasteiger partial charge in [-0.3, -0.25) is 4.79 Å². The van der Waals surface area contributed by atoms with Gasteiger partial charge in [-0.2, -0.15) is 0 Å². The molecule has 0 aromatic carbocycles. The highest BCUT2D eigenvalue weighted by Gasteiger charge is 2.17. The average Bonchev–Trinajstić information content (AvgIpc) is 2.27. The fourth-order valence-electron chi connectivity index (χ4n) is 2.19. The third kappa shape index (κ3) is 8.18. The summed E-state index contributed by atoms with van der Waals surface area (Å²) in [4.78, 5) is 11.6. The van der Waals surface area contributed by atoms with E-state index in [0.717, 1.165) is 32.7 Å². The molecule has 0 saturated carbocycles. The van der Waals surface area contributed by atoms with E-state index in [1.54, 1.807) is 0 Å². The Labute approximate surface area is 116 Å². The van der Waals surface area contributed by atoms with Gasteiger partial charge in [0.15, 0.2) is 0 Å². The van der Waals surface area contributed by atoms with Gasteiger partial charge < -0.3 is 20.7 Å². The van der Waals surface area contributed by atoms with Gasteiger partial charge in [0.05, 0.1) is 13.2 Å². The van der Waals surface area contributed by atoms with Crippen molar-refractivity contribution in [3.05, 3.63) is 0 Å². The summed E-state index contributed by atoms with van der Waals surface area (Å²) in [6.45, 7) is 11.4. The molecule has 0 aromatic rings. The van der Waals surface area contributed by atoms with Crippen LogP contribution in [0.2, 0.25) is 0 Å². The number of nitrogens with one attached hydrogen (secondary N) is 3. The molecule has 1 heterocycles. The molecule has 1 rings (SSSR count). The van der Waals surface area contributed by atoms with E-state index in [2.05, 4.69) is 22.9 Å². The monoisotopic (exact) mass is 271 g/mol. The topological polar surface area (TPSA) is 62.4 Å². The summed E-state index contributed by atoms with van der Waals surface area (Å²) in [5.74, 6) is 0.103. The third-order valence-corrected chi connectivity index (χ3v) is 3.00. The fraction of sp³-hybridized carbons (Fsp3) is 0.929. The number of amides is 1. The molecule has 0 aromatic heterocycles. The zero-order valence-corrected chi connectivity index (χ0v) is 12.7. The molecule has 0 spiro atoms. The van der Waals surface area contributed by atoms with E-state index in [1.165, 1.54) is 0 Å². The lowest BCUT2D eigenvalue weighted by Gasteiger charge is -2.27. The van der Waals surface area contributed by atoms with Gasteiger partial charge in [-0.15, -0.1) is 0 Å². The van der Waals surface area contributed by atoms with E-state index in [0.29, 0.717) is 18.5 Å². The number of hydrogen-bond acceptors (Lipinski definition) is 4. The molecule has 0 radical (unpaired) electrons. The molecule has 2 atom stereocenters. The van der Waals surface area contributed by atoms with Gasteiger partial charge in [-0.05, 0) is 34.1 Å². The Morgan fingerprint density at radius 1 is 1.47 bits per heavy atom. The second-order valence-electron chi connectivity index (χ2n) is 6.37. The molecule has 5 nitrogen and oxygen atoms in total. The van der Waals surface area contributed by atoms with Gasteiger partial charge in [-0.25, -0.2) is 0 Å². The Hall–Kier alpha value is -0.650. The van der Waals surface area contributed by atoms with E-state index in [1.807, 2.05) is 20.8 Å². The molecule has 1 fully saturated rings. The Balaban J connectivity index is 2.09. The molecule has 1 aliphatic rings. The summed E-state index contributed by atoms with van der Waals surface area (Å²) >= 11 is 0. The maximum absolute atomic E-state index is 11.6. The van der Waals surface area contributed by atoms with Crippen molar-refractivity contribution in [1.29, 1.82) is 0 Å². The van der Waals surface area contributed by atoms with Gasteiger partial charge in [0.1, 0.15) is 0 Å². The van der Waals surface area contributed by atoms with Crippen molar-refractivity contribution < 1.29 is 9.53 Å². The van der Waals surface area contributed by atoms with Crippen molar-refractivity contribution >= 4 is 5.91 Å². The normalized spacial score (nSPS) is 22.0. The largest absolute Gasteiger partial charge is 0.379 e. The van der Waals surface area contributed by atoms with E-state index < -0.39 is 0 Å². The van der Waals surface area contributed by atoms with Crippen molar-refractivity contribution in [3.63, 3.8) is 0 Å². The number of carbonyl (C=O) groups excluding carboxylic acids is 1. The molecule has 1 amide bonds. The number of carbonyl (C=O) groups is 1. The zero-order chi connectivity index (χ0) is 14.3. The summed E-state index contributed by atoms with van der Waals surface area (Å²) < 4.78 is 5.43. The van der Waals surface area contributed by atoms with Gasteiger partial charge in [0.2, 0.25) is 5.91 Å². The van der Waals surface area contributed by atoms with Crippen molar-refractivity contribution in [1.82, 2.24) is 16.0 Å². The molecular weight excluding hydrogens is 242 g/mol. The minimum atomic E-state index is -0.147. The van der Waals surface area contributed by atoms with Gasteiger partial charge in [-0.1, -0.05) is 0 Å². The molecule has 1 aliphatic heterocycles. The van der Waals surface area contributed by atoms with E-state index in [9.17, 15) is 4.79 Å². The first-order valence-electron chi connectivity index (χ1n) is 7.22. The van der Waals surface area contributed by atoms with Gasteiger partial charge in [0, 0.05) is 37.1 Å². The summed E-state index contributed by atoms with van der Waals surface area (Å²) in [5.41, 5.74) is -0.147. The minimum absolute atomic E-state index is 0.103. The third-order valence-electron chi connectivity index (χ3n) is 3.00. The molecule has 3 N–H and O–H groups in total. The second-order valence-corrected chi connectivity index (χ2v) is 6.37. The highest BCUT2D eigenvalue weighted by Crippen LogP contribution is 2.03. The van der Waals surface area contributed by atoms with Crippen LogP contribution in [0.4, 0.5) is 0 Å². The Morgan fingerprint density at radius 3 is 2.79 bits per heavy atom. The van der Waals surface area contributed by atoms with E-state index >= 15 is 0 Å². The summed E-state index contributed by atoms with van der Waals surface area (Å²) in [6.07, 6.45) is 1.55. The lowest BCUT2D eigenvalue weighted by molar-refractivity contribution is -0.122. The standard InChI is InChI=1S/C14H29N3O2/c1-11(9-12-10-19-8-7-16-12)15-6-5-13(18)17-14(2,3)4/h11-12,15-16H,5-10H2,1-4H3,(H,17,18). The van der Waals surface area contributed by atoms with Crippen LogP contribution < -0.4 is 16.0 Å². The quantitative estimate of drug-likeness (QED) is 0.664. The van der Waals surface area contributed by atoms with Crippen molar-refractivity contribution in [2.45, 2.75) is 58.2 Å². The van der Waals surface area contributed by atoms with Crippen LogP contribution in [0, 0.1) is 0 Å². The summed E-state index contributed by atoms with van der Waals surface area (Å²) in [5, 5.41) is 9.79. The predicted octanol–water partition coefficient (Wildman–Crippen LogP) is 0.648. The van der Waals surface area contributed by atoms with E-state index in [-0.39, 0.29) is 11.4 Å². The first-order valence-corrected chi connectivity index (χ1v) is 7.22. The first kappa shape index (κ1) is 16.4. The van der Waals surface area contributed by atoms with E-state index in [4.69, 9.17) is 4.74 Å². The molecule has 2 unspecified atom stereocenters. The molecule has 0 bridgehead atoms. The molecule has 5 heteroatoms. The van der Waals surface area contributed by atoms with Crippen LogP contribution in [0.25, 0.3) is 0 Å². The van der Waals surface area contributed by atoms with Crippen LogP contribution in [0.1, 0.15) is 40.5 Å². The van der Waals surface area contributed by atoms with Gasteiger partial charge >= 0.3 is 0 Å². The Bertz CT molecular complexity index is 270. The highest BCUT2D eigenvalue weighted by atomic mass is 16.5. The smallest absolute Gasteiger partial charge is 0.221 e. The Kier molecular flexibility index (Phi) is 6.75. The van der Waals surface area contributed by atoms with Crippen LogP contribution >= 0.6 is 0 Å². The Morgan fingerprint density at radius 2 is 2.21 bits per heavy atom. The fourth-order valence-corrected chi connectivity index (χ4v) is 2.19. The number of rotatable bonds is 6. The SMILES string of the molecule is CC(CC1COCCN1)NCCC(=O)NC(C)(C)C. The molecule has 1 saturated heterocycles.